The monoisotopic (exact) mass is 344 g/mol. The minimum Gasteiger partial charge on any atom is -0.322 e. The zero-order valence-electron chi connectivity index (χ0n) is 10.1. The molecular formula is C13H11BrClFN2O. The Balaban J connectivity index is 2.23. The normalized spacial score (nSPS) is 25.3. The fraction of sp³-hybridized carbons (Fsp3) is 0.385. The van der Waals surface area contributed by atoms with E-state index in [-0.39, 0.29) is 10.9 Å². The van der Waals surface area contributed by atoms with E-state index in [0.29, 0.717) is 28.9 Å². The molecule has 1 amide bonds. The first-order valence-electron chi connectivity index (χ1n) is 5.75. The second-order valence-corrected chi connectivity index (χ2v) is 6.17. The number of amides is 1. The third-order valence-electron chi connectivity index (χ3n) is 3.29. The number of hydrogen-bond donors (Lipinski definition) is 1. The van der Waals surface area contributed by atoms with Gasteiger partial charge in [-0.3, -0.25) is 4.79 Å². The fourth-order valence-corrected chi connectivity index (χ4v) is 3.25. The summed E-state index contributed by atoms with van der Waals surface area (Å²) in [5.41, 5.74) is -0.696. The molecule has 1 aliphatic rings. The highest BCUT2D eigenvalue weighted by molar-refractivity contribution is 9.10. The third-order valence-corrected chi connectivity index (χ3v) is 4.21. The number of hydrogen-bond acceptors (Lipinski definition) is 2. The Morgan fingerprint density at radius 3 is 2.74 bits per heavy atom. The summed E-state index contributed by atoms with van der Waals surface area (Å²) in [6.07, 6.45) is 1.07. The molecule has 100 valence electrons. The van der Waals surface area contributed by atoms with Crippen LogP contribution < -0.4 is 5.32 Å². The summed E-state index contributed by atoms with van der Waals surface area (Å²) in [6, 6.07) is 4.40. The van der Waals surface area contributed by atoms with Crippen LogP contribution in [0.4, 0.5) is 10.1 Å². The van der Waals surface area contributed by atoms with Crippen molar-refractivity contribution in [3.8, 4) is 6.07 Å². The minimum absolute atomic E-state index is 0.0979. The number of rotatable bonds is 2. The van der Waals surface area contributed by atoms with Crippen LogP contribution in [0.1, 0.15) is 19.8 Å². The lowest BCUT2D eigenvalue weighted by atomic mass is 9.63. The quantitative estimate of drug-likeness (QED) is 0.876. The predicted molar refractivity (Wildman–Crippen MR) is 74.2 cm³/mol. The Hall–Kier alpha value is -1.12. The third kappa shape index (κ3) is 2.60. The number of carbonyl (C=O) groups is 1. The second kappa shape index (κ2) is 5.10. The maximum Gasteiger partial charge on any atom is 0.244 e. The van der Waals surface area contributed by atoms with Crippen molar-refractivity contribution in [3.63, 3.8) is 0 Å². The molecule has 2 rings (SSSR count). The van der Waals surface area contributed by atoms with E-state index in [1.807, 2.05) is 6.92 Å². The van der Waals surface area contributed by atoms with Crippen LogP contribution >= 0.6 is 27.5 Å². The number of nitriles is 1. The lowest BCUT2D eigenvalue weighted by Crippen LogP contribution is -2.45. The molecule has 1 fully saturated rings. The van der Waals surface area contributed by atoms with Crippen LogP contribution in [0.2, 0.25) is 5.02 Å². The van der Waals surface area contributed by atoms with Gasteiger partial charge in [0.1, 0.15) is 11.2 Å². The molecule has 6 heteroatoms. The molecular weight excluding hydrogens is 335 g/mol. The van der Waals surface area contributed by atoms with Crippen LogP contribution in [0.25, 0.3) is 0 Å². The predicted octanol–water partition coefficient (Wildman–Crippen LogP) is 4.12. The highest BCUT2D eigenvalue weighted by Gasteiger charge is 2.49. The first-order chi connectivity index (χ1) is 8.88. The van der Waals surface area contributed by atoms with Gasteiger partial charge in [0.25, 0.3) is 0 Å². The standard InChI is InChI=1S/C13H11BrClFN2O/c1-7-4-13(5-7,6-17)12(19)18-11-9(14)2-8(16)3-10(11)15/h2-3,7H,4-5H2,1H3,(H,18,19). The summed E-state index contributed by atoms with van der Waals surface area (Å²) in [5, 5.41) is 11.9. The van der Waals surface area contributed by atoms with Crippen LogP contribution in [0.3, 0.4) is 0 Å². The SMILES string of the molecule is CC1CC(C#N)(C(=O)Nc2c(Cl)cc(F)cc2Br)C1. The average Bonchev–Trinajstić information content (AvgIpc) is 2.29. The molecule has 0 aliphatic heterocycles. The van der Waals surface area contributed by atoms with E-state index in [1.165, 1.54) is 6.07 Å². The van der Waals surface area contributed by atoms with E-state index >= 15 is 0 Å². The van der Waals surface area contributed by atoms with Crippen LogP contribution in [0, 0.1) is 28.5 Å². The smallest absolute Gasteiger partial charge is 0.244 e. The lowest BCUT2D eigenvalue weighted by Gasteiger charge is -2.39. The van der Waals surface area contributed by atoms with Crippen molar-refractivity contribution in [2.24, 2.45) is 11.3 Å². The van der Waals surface area contributed by atoms with E-state index in [0.717, 1.165) is 6.07 Å². The van der Waals surface area contributed by atoms with Gasteiger partial charge in [-0.15, -0.1) is 0 Å². The molecule has 1 aromatic carbocycles. The highest BCUT2D eigenvalue weighted by atomic mass is 79.9. The van der Waals surface area contributed by atoms with Gasteiger partial charge in [-0.1, -0.05) is 18.5 Å². The minimum atomic E-state index is -0.990. The summed E-state index contributed by atoms with van der Waals surface area (Å²) in [4.78, 5) is 12.2. The molecule has 1 saturated carbocycles. The van der Waals surface area contributed by atoms with Gasteiger partial charge < -0.3 is 5.32 Å². The number of halogens is 3. The van der Waals surface area contributed by atoms with Crippen LogP contribution in [-0.2, 0) is 4.79 Å². The lowest BCUT2D eigenvalue weighted by molar-refractivity contribution is -0.128. The van der Waals surface area contributed by atoms with Crippen LogP contribution in [0.15, 0.2) is 16.6 Å². The van der Waals surface area contributed by atoms with E-state index in [1.54, 1.807) is 0 Å². The molecule has 19 heavy (non-hydrogen) atoms. The summed E-state index contributed by atoms with van der Waals surface area (Å²) < 4.78 is 13.4. The van der Waals surface area contributed by atoms with Crippen molar-refractivity contribution in [2.45, 2.75) is 19.8 Å². The zero-order valence-corrected chi connectivity index (χ0v) is 12.5. The summed E-state index contributed by atoms with van der Waals surface area (Å²) >= 11 is 9.04. The van der Waals surface area contributed by atoms with Crippen molar-refractivity contribution in [1.29, 1.82) is 5.26 Å². The number of benzene rings is 1. The molecule has 1 N–H and O–H groups in total. The second-order valence-electron chi connectivity index (χ2n) is 4.91. The first kappa shape index (κ1) is 14.3. The fourth-order valence-electron chi connectivity index (χ4n) is 2.35. The number of nitrogens with one attached hydrogen (secondary N) is 1. The number of nitrogens with zero attached hydrogens (tertiary/aromatic N) is 1. The van der Waals surface area contributed by atoms with Crippen LogP contribution in [0.5, 0.6) is 0 Å². The molecule has 0 aromatic heterocycles. The largest absolute Gasteiger partial charge is 0.322 e. The van der Waals surface area contributed by atoms with Gasteiger partial charge in [0.2, 0.25) is 5.91 Å². The van der Waals surface area contributed by atoms with Gasteiger partial charge in [-0.25, -0.2) is 4.39 Å². The van der Waals surface area contributed by atoms with Gasteiger partial charge in [0, 0.05) is 4.47 Å². The van der Waals surface area contributed by atoms with Gasteiger partial charge in [-0.05, 0) is 46.8 Å². The first-order valence-corrected chi connectivity index (χ1v) is 6.92. The van der Waals surface area contributed by atoms with Gasteiger partial charge in [0.05, 0.1) is 16.8 Å². The van der Waals surface area contributed by atoms with Crippen molar-refractivity contribution < 1.29 is 9.18 Å². The highest BCUT2D eigenvalue weighted by Crippen LogP contribution is 2.46. The average molecular weight is 346 g/mol. The molecule has 0 unspecified atom stereocenters. The number of carbonyl (C=O) groups excluding carboxylic acids is 1. The molecule has 0 heterocycles. The van der Waals surface area contributed by atoms with Crippen molar-refractivity contribution in [1.82, 2.24) is 0 Å². The molecule has 3 nitrogen and oxygen atoms in total. The van der Waals surface area contributed by atoms with Crippen LogP contribution in [-0.4, -0.2) is 5.91 Å². The van der Waals surface area contributed by atoms with Crippen molar-refractivity contribution in [2.75, 3.05) is 5.32 Å². The Bertz CT molecular complexity index is 555. The summed E-state index contributed by atoms with van der Waals surface area (Å²) in [7, 11) is 0. The van der Waals surface area contributed by atoms with E-state index < -0.39 is 11.2 Å². The molecule has 0 radical (unpaired) electrons. The van der Waals surface area contributed by atoms with Gasteiger partial charge in [-0.2, -0.15) is 5.26 Å². The molecule has 0 bridgehead atoms. The van der Waals surface area contributed by atoms with E-state index in [2.05, 4.69) is 27.3 Å². The number of anilines is 1. The maximum absolute atomic E-state index is 13.1. The van der Waals surface area contributed by atoms with Crippen molar-refractivity contribution >= 4 is 39.1 Å². The Labute approximate surface area is 123 Å². The van der Waals surface area contributed by atoms with E-state index in [4.69, 9.17) is 16.9 Å². The van der Waals surface area contributed by atoms with Gasteiger partial charge in [0.15, 0.2) is 0 Å². The summed E-state index contributed by atoms with van der Waals surface area (Å²) in [5.74, 6) is -0.526. The molecule has 0 atom stereocenters. The topological polar surface area (TPSA) is 52.9 Å². The summed E-state index contributed by atoms with van der Waals surface area (Å²) in [6.45, 7) is 1.99. The van der Waals surface area contributed by atoms with E-state index in [9.17, 15) is 9.18 Å². The van der Waals surface area contributed by atoms with Crippen molar-refractivity contribution in [3.05, 3.63) is 27.4 Å². The Morgan fingerprint density at radius 1 is 1.63 bits per heavy atom. The Kier molecular flexibility index (Phi) is 3.84. The zero-order chi connectivity index (χ0) is 14.2. The molecule has 1 aromatic rings. The molecule has 0 spiro atoms. The maximum atomic E-state index is 13.1. The van der Waals surface area contributed by atoms with Gasteiger partial charge >= 0.3 is 0 Å². The Morgan fingerprint density at radius 2 is 2.26 bits per heavy atom. The molecule has 1 aliphatic carbocycles. The molecule has 0 saturated heterocycles.